The molecule has 0 spiro atoms. The Kier molecular flexibility index (Phi) is 50.2. The minimum atomic E-state index is 0.565. The van der Waals surface area contributed by atoms with Gasteiger partial charge in [0, 0.05) is 31.7 Å². The Morgan fingerprint density at radius 3 is 0.979 bits per heavy atom. The van der Waals surface area contributed by atoms with Crippen LogP contribution < -0.4 is 10.8 Å². The molecular weight excluding hydrogens is 580 g/mol. The molecule has 0 aromatic heterocycles. The Hall–Kier alpha value is -0.200. The van der Waals surface area contributed by atoms with Crippen molar-refractivity contribution in [3.05, 3.63) is 0 Å². The average Bonchev–Trinajstić information content (AvgIpc) is 3.72. The number of rotatable bonds is 5. The molecule has 5 fully saturated rings. The third-order valence-corrected chi connectivity index (χ3v) is 8.63. The van der Waals surface area contributed by atoms with Crippen molar-refractivity contribution in [2.75, 3.05) is 32.9 Å². The number of hydrogen-bond donors (Lipinski definition) is 2. The maximum absolute atomic E-state index is 5.41. The summed E-state index contributed by atoms with van der Waals surface area (Å²) >= 11 is 0. The molecule has 2 N–H and O–H groups in total. The van der Waals surface area contributed by atoms with Crippen LogP contribution in [0.1, 0.15) is 183 Å². The van der Waals surface area contributed by atoms with E-state index < -0.39 is 0 Å². The van der Waals surface area contributed by atoms with Crippen molar-refractivity contribution in [3.63, 3.8) is 0 Å². The van der Waals surface area contributed by atoms with Crippen LogP contribution in [0.4, 0.5) is 0 Å². The lowest BCUT2D eigenvalue weighted by Crippen LogP contribution is -2.46. The van der Waals surface area contributed by atoms with Gasteiger partial charge < -0.3 is 19.6 Å². The molecule has 0 aromatic rings. The maximum Gasteiger partial charge on any atom is 0.0725 e. The summed E-state index contributed by atoms with van der Waals surface area (Å²) in [6, 6.07) is 0.833. The highest BCUT2D eigenvalue weighted by Crippen LogP contribution is 2.32. The predicted molar refractivity (Wildman–Crippen MR) is 215 cm³/mol. The molecule has 4 aliphatic heterocycles. The first-order chi connectivity index (χ1) is 22.5. The minimum Gasteiger partial charge on any atom is -0.378 e. The SMILES string of the molecule is CC.CC.CC.CC.CC.CC(C)C1CCC1.CC(C)C1CCCO1.CC(C)C1CCN1.CC(C)C1CCO1.CC(C)C1CNOC1. The molecule has 292 valence electrons. The third kappa shape index (κ3) is 32.7. The Bertz CT molecular complexity index is 453. The standard InChI is InChI=1S/C7H14O.C7H14.C6H13NO.C6H13N.C6H12O.5C2H6/c1-6(2)7-4-3-5-8-7;1-6(2)7-4-3-5-7;1-5(2)6-3-7-8-4-6;2*1-5(2)6-3-4-7-6;5*1-2/h6-7H,3-5H2,1-2H3;6-7H,3-5H2,1-2H3;5-7H,3-4H2,1-2H3;5-7H,3-4H2,1-2H3;5-6H,3-4H2,1-2H3;5*1-2H3. The highest BCUT2D eigenvalue weighted by molar-refractivity contribution is 4.79. The van der Waals surface area contributed by atoms with Crippen molar-refractivity contribution in [3.8, 4) is 0 Å². The molecule has 0 amide bonds. The Balaban J connectivity index is -0.000000146. The molecule has 4 heterocycles. The summed E-state index contributed by atoms with van der Waals surface area (Å²) in [5.41, 5.74) is 2.85. The number of ether oxygens (including phenoxy) is 2. The zero-order valence-corrected chi connectivity index (χ0v) is 36.5. The van der Waals surface area contributed by atoms with E-state index in [4.69, 9.17) is 14.3 Å². The molecule has 4 atom stereocenters. The molecule has 4 unspecified atom stereocenters. The fraction of sp³-hybridized carbons (Fsp3) is 1.00. The van der Waals surface area contributed by atoms with Crippen LogP contribution in [0.5, 0.6) is 0 Å². The number of hydrogen-bond acceptors (Lipinski definition) is 5. The second-order valence-electron chi connectivity index (χ2n) is 13.4. The van der Waals surface area contributed by atoms with E-state index in [9.17, 15) is 0 Å². The molecule has 5 heteroatoms. The lowest BCUT2D eigenvalue weighted by Gasteiger charge is -2.30. The first-order valence-electron chi connectivity index (χ1n) is 20.8. The Morgan fingerprint density at radius 1 is 0.468 bits per heavy atom. The fourth-order valence-electron chi connectivity index (χ4n) is 4.71. The van der Waals surface area contributed by atoms with Gasteiger partial charge in [-0.2, -0.15) is 0 Å². The van der Waals surface area contributed by atoms with Crippen molar-refractivity contribution in [2.24, 2.45) is 41.4 Å². The molecule has 0 aromatic carbocycles. The van der Waals surface area contributed by atoms with Gasteiger partial charge in [-0.15, -0.1) is 0 Å². The van der Waals surface area contributed by atoms with Crippen molar-refractivity contribution < 1.29 is 14.3 Å². The van der Waals surface area contributed by atoms with Gasteiger partial charge in [0.15, 0.2) is 0 Å². The summed E-state index contributed by atoms with van der Waals surface area (Å²) in [5.74, 6) is 5.81. The predicted octanol–water partition coefficient (Wildman–Crippen LogP) is 12.6. The molecule has 5 rings (SSSR count). The molecule has 0 radical (unpaired) electrons. The van der Waals surface area contributed by atoms with E-state index in [0.717, 1.165) is 73.8 Å². The highest BCUT2D eigenvalue weighted by atomic mass is 16.7. The third-order valence-electron chi connectivity index (χ3n) is 8.63. The van der Waals surface area contributed by atoms with E-state index >= 15 is 0 Å². The monoisotopic (exact) mass is 677 g/mol. The zero-order valence-electron chi connectivity index (χ0n) is 36.5. The summed E-state index contributed by atoms with van der Waals surface area (Å²) in [6.45, 7) is 47.6. The van der Waals surface area contributed by atoms with Crippen molar-refractivity contribution in [2.45, 2.75) is 202 Å². The van der Waals surface area contributed by atoms with E-state index in [1.807, 2.05) is 69.2 Å². The van der Waals surface area contributed by atoms with Gasteiger partial charge in [0.1, 0.15) is 0 Å². The first kappa shape index (κ1) is 56.2. The lowest BCUT2D eigenvalue weighted by atomic mass is 9.78. The molecule has 5 aliphatic rings. The topological polar surface area (TPSA) is 51.8 Å². The quantitative estimate of drug-likeness (QED) is 0.303. The number of nitrogens with one attached hydrogen (secondary N) is 2. The van der Waals surface area contributed by atoms with Gasteiger partial charge in [-0.05, 0) is 67.7 Å². The second kappa shape index (κ2) is 42.0. The Labute approximate surface area is 300 Å². The summed E-state index contributed by atoms with van der Waals surface area (Å²) in [7, 11) is 0. The van der Waals surface area contributed by atoms with Gasteiger partial charge in [-0.25, -0.2) is 5.48 Å². The van der Waals surface area contributed by atoms with Crippen molar-refractivity contribution in [1.82, 2.24) is 10.8 Å². The first-order valence-corrected chi connectivity index (χ1v) is 20.8. The van der Waals surface area contributed by atoms with E-state index in [2.05, 4.69) is 80.0 Å². The molecule has 1 saturated carbocycles. The second-order valence-corrected chi connectivity index (χ2v) is 13.4. The summed E-state index contributed by atoms with van der Waals surface area (Å²) in [6.07, 6.45) is 10.8. The van der Waals surface area contributed by atoms with Gasteiger partial charge >= 0.3 is 0 Å². The molecule has 0 bridgehead atoms. The number of hydroxylamine groups is 1. The van der Waals surface area contributed by atoms with Gasteiger partial charge in [-0.3, -0.25) is 0 Å². The zero-order chi connectivity index (χ0) is 37.8. The molecule has 1 aliphatic carbocycles. The minimum absolute atomic E-state index is 0.565. The average molecular weight is 677 g/mol. The van der Waals surface area contributed by atoms with Gasteiger partial charge in [0.2, 0.25) is 0 Å². The van der Waals surface area contributed by atoms with E-state index in [0.29, 0.717) is 12.2 Å². The lowest BCUT2D eigenvalue weighted by molar-refractivity contribution is -0.0763. The van der Waals surface area contributed by atoms with Crippen molar-refractivity contribution in [1.29, 1.82) is 0 Å². The van der Waals surface area contributed by atoms with E-state index in [1.165, 1.54) is 51.5 Å². The largest absolute Gasteiger partial charge is 0.378 e. The summed E-state index contributed by atoms with van der Waals surface area (Å²) in [4.78, 5) is 4.97. The molecule has 4 saturated heterocycles. The van der Waals surface area contributed by atoms with Gasteiger partial charge in [0.25, 0.3) is 0 Å². The van der Waals surface area contributed by atoms with Crippen LogP contribution in [0.15, 0.2) is 0 Å². The summed E-state index contributed by atoms with van der Waals surface area (Å²) < 4.78 is 10.6. The van der Waals surface area contributed by atoms with Crippen LogP contribution in [0.3, 0.4) is 0 Å². The van der Waals surface area contributed by atoms with Crippen LogP contribution >= 0.6 is 0 Å². The van der Waals surface area contributed by atoms with Crippen LogP contribution in [0, 0.1) is 41.4 Å². The van der Waals surface area contributed by atoms with E-state index in [1.54, 1.807) is 0 Å². The van der Waals surface area contributed by atoms with Gasteiger partial charge in [-0.1, -0.05) is 158 Å². The normalized spacial score (nSPS) is 23.2. The molecular formula is C42H96N2O3. The highest BCUT2D eigenvalue weighted by Gasteiger charge is 2.21. The van der Waals surface area contributed by atoms with Crippen LogP contribution in [0.25, 0.3) is 0 Å². The fourth-order valence-corrected chi connectivity index (χ4v) is 4.71. The molecule has 47 heavy (non-hydrogen) atoms. The smallest absolute Gasteiger partial charge is 0.0725 e. The molecule has 5 nitrogen and oxygen atoms in total. The van der Waals surface area contributed by atoms with Crippen LogP contribution in [-0.2, 0) is 14.3 Å². The Morgan fingerprint density at radius 2 is 0.894 bits per heavy atom. The van der Waals surface area contributed by atoms with Crippen LogP contribution in [-0.4, -0.2) is 51.2 Å². The maximum atomic E-state index is 5.41. The van der Waals surface area contributed by atoms with Gasteiger partial charge in [0.05, 0.1) is 18.8 Å². The van der Waals surface area contributed by atoms with Crippen LogP contribution in [0.2, 0.25) is 0 Å². The van der Waals surface area contributed by atoms with E-state index in [-0.39, 0.29) is 0 Å². The van der Waals surface area contributed by atoms with Crippen molar-refractivity contribution >= 4 is 0 Å². The summed E-state index contributed by atoms with van der Waals surface area (Å²) in [5, 5.41) is 3.34.